The van der Waals surface area contributed by atoms with Crippen LogP contribution in [0.4, 0.5) is 0 Å². The van der Waals surface area contributed by atoms with E-state index < -0.39 is 0 Å². The van der Waals surface area contributed by atoms with E-state index in [2.05, 4.69) is 20.2 Å². The summed E-state index contributed by atoms with van der Waals surface area (Å²) in [6, 6.07) is 9.19. The van der Waals surface area contributed by atoms with E-state index in [4.69, 9.17) is 0 Å². The number of aromatic amines is 1. The molecule has 1 aromatic carbocycles. The summed E-state index contributed by atoms with van der Waals surface area (Å²) in [7, 11) is 0. The second-order valence-corrected chi connectivity index (χ2v) is 3.51. The average molecular weight is 228 g/mol. The van der Waals surface area contributed by atoms with Gasteiger partial charge in [0.15, 0.2) is 11.3 Å². The van der Waals surface area contributed by atoms with E-state index in [9.17, 15) is 10.2 Å². The number of fused-ring (bicyclic) bond motifs is 1. The zero-order chi connectivity index (χ0) is 11.8. The number of benzene rings is 1. The van der Waals surface area contributed by atoms with Crippen LogP contribution in [0.25, 0.3) is 22.4 Å². The highest BCUT2D eigenvalue weighted by Crippen LogP contribution is 2.28. The summed E-state index contributed by atoms with van der Waals surface area (Å²) >= 11 is 0. The van der Waals surface area contributed by atoms with Gasteiger partial charge in [0.25, 0.3) is 5.88 Å². The van der Waals surface area contributed by atoms with Crippen LogP contribution >= 0.6 is 0 Å². The molecule has 6 nitrogen and oxygen atoms in total. The Balaban J connectivity index is 2.28. The molecule has 17 heavy (non-hydrogen) atoms. The fourth-order valence-corrected chi connectivity index (χ4v) is 1.59. The zero-order valence-electron chi connectivity index (χ0n) is 8.62. The predicted molar refractivity (Wildman–Crippen MR) is 60.4 cm³/mol. The average Bonchev–Trinajstić information content (AvgIpc) is 2.73. The molecule has 0 amide bonds. The predicted octanol–water partition coefficient (Wildman–Crippen LogP) is 1.43. The Kier molecular flexibility index (Phi) is 1.94. The first-order valence-corrected chi connectivity index (χ1v) is 4.95. The van der Waals surface area contributed by atoms with E-state index in [1.54, 1.807) is 0 Å². The van der Waals surface area contributed by atoms with Gasteiger partial charge in [0.1, 0.15) is 5.52 Å². The Bertz CT molecular complexity index is 679. The minimum atomic E-state index is -0.255. The van der Waals surface area contributed by atoms with E-state index in [0.29, 0.717) is 5.82 Å². The van der Waals surface area contributed by atoms with Gasteiger partial charge in [-0.2, -0.15) is 4.98 Å². The van der Waals surface area contributed by atoms with Gasteiger partial charge in [-0.3, -0.25) is 5.10 Å². The molecule has 0 saturated heterocycles. The highest BCUT2D eigenvalue weighted by Gasteiger charge is 2.13. The molecule has 2 heterocycles. The first-order valence-electron chi connectivity index (χ1n) is 4.95. The van der Waals surface area contributed by atoms with Crippen molar-refractivity contribution in [1.82, 2.24) is 20.2 Å². The lowest BCUT2D eigenvalue weighted by atomic mass is 10.2. The van der Waals surface area contributed by atoms with Crippen LogP contribution in [-0.2, 0) is 0 Å². The van der Waals surface area contributed by atoms with Crippen molar-refractivity contribution in [3.63, 3.8) is 0 Å². The second kappa shape index (κ2) is 3.44. The number of rotatable bonds is 1. The molecule has 0 bridgehead atoms. The maximum atomic E-state index is 9.69. The normalized spacial score (nSPS) is 10.8. The fraction of sp³-hybridized carbons (Fsp3) is 0. The molecule has 84 valence electrons. The third kappa shape index (κ3) is 1.46. The van der Waals surface area contributed by atoms with E-state index >= 15 is 0 Å². The molecule has 2 aromatic heterocycles. The number of hydrogen-bond acceptors (Lipinski definition) is 5. The quantitative estimate of drug-likeness (QED) is 0.585. The van der Waals surface area contributed by atoms with Gasteiger partial charge in [0.05, 0.1) is 0 Å². The number of H-pyrrole nitrogens is 1. The van der Waals surface area contributed by atoms with Crippen molar-refractivity contribution in [2.75, 3.05) is 0 Å². The molecule has 6 heteroatoms. The number of aromatic nitrogens is 4. The van der Waals surface area contributed by atoms with Crippen molar-refractivity contribution in [2.24, 2.45) is 0 Å². The molecule has 0 aliphatic rings. The fourth-order valence-electron chi connectivity index (χ4n) is 1.59. The van der Waals surface area contributed by atoms with Crippen LogP contribution in [0.2, 0.25) is 0 Å². The Morgan fingerprint density at radius 2 is 1.71 bits per heavy atom. The molecular formula is C11H8N4O2. The summed E-state index contributed by atoms with van der Waals surface area (Å²) in [5.74, 6) is -0.149. The summed E-state index contributed by atoms with van der Waals surface area (Å²) in [5, 5.41) is 25.2. The summed E-state index contributed by atoms with van der Waals surface area (Å²) in [4.78, 5) is 8.10. The minimum absolute atomic E-state index is 0.205. The minimum Gasteiger partial charge on any atom is -0.492 e. The van der Waals surface area contributed by atoms with Crippen LogP contribution in [0, 0.1) is 0 Å². The number of nitrogens with one attached hydrogen (secondary N) is 1. The van der Waals surface area contributed by atoms with Crippen molar-refractivity contribution < 1.29 is 10.2 Å². The first-order chi connectivity index (χ1) is 8.25. The maximum absolute atomic E-state index is 9.69. The van der Waals surface area contributed by atoms with Gasteiger partial charge in [0, 0.05) is 5.56 Å². The van der Waals surface area contributed by atoms with Gasteiger partial charge in [-0.05, 0) is 0 Å². The lowest BCUT2D eigenvalue weighted by Gasteiger charge is -2.00. The van der Waals surface area contributed by atoms with E-state index in [0.717, 1.165) is 5.56 Å². The van der Waals surface area contributed by atoms with E-state index in [1.165, 1.54) is 0 Å². The lowest BCUT2D eigenvalue weighted by molar-refractivity contribution is 0.455. The van der Waals surface area contributed by atoms with Gasteiger partial charge in [0.2, 0.25) is 5.88 Å². The summed E-state index contributed by atoms with van der Waals surface area (Å²) < 4.78 is 0. The summed E-state index contributed by atoms with van der Waals surface area (Å²) in [6.07, 6.45) is 0. The standard InChI is InChI=1S/C11H8N4O2/c16-10-8-7(11(17)15-14-8)12-9(13-10)6-4-2-1-3-5-6/h1-5H,(H,12,13,16)(H2,14,15,17). The van der Waals surface area contributed by atoms with Gasteiger partial charge >= 0.3 is 0 Å². The van der Waals surface area contributed by atoms with Crippen molar-refractivity contribution in [3.05, 3.63) is 30.3 Å². The van der Waals surface area contributed by atoms with Crippen LogP contribution in [0.1, 0.15) is 0 Å². The lowest BCUT2D eigenvalue weighted by Crippen LogP contribution is -1.89. The van der Waals surface area contributed by atoms with E-state index in [1.807, 2.05) is 30.3 Å². The Morgan fingerprint density at radius 1 is 0.941 bits per heavy atom. The third-order valence-corrected chi connectivity index (χ3v) is 2.41. The SMILES string of the molecule is Oc1n[nH]c2c(O)nc(-c3ccccc3)nc12. The summed E-state index contributed by atoms with van der Waals surface area (Å²) in [5.41, 5.74) is 1.18. The molecule has 0 aliphatic carbocycles. The Hall–Kier alpha value is -2.63. The highest BCUT2D eigenvalue weighted by atomic mass is 16.3. The van der Waals surface area contributed by atoms with Crippen molar-refractivity contribution >= 4 is 11.0 Å². The number of hydrogen-bond donors (Lipinski definition) is 3. The molecule has 3 aromatic rings. The zero-order valence-corrected chi connectivity index (χ0v) is 8.62. The van der Waals surface area contributed by atoms with Crippen LogP contribution in [0.15, 0.2) is 30.3 Å². The van der Waals surface area contributed by atoms with Crippen LogP contribution in [0.3, 0.4) is 0 Å². The molecule has 0 fully saturated rings. The second-order valence-electron chi connectivity index (χ2n) is 3.51. The number of aromatic hydroxyl groups is 2. The van der Waals surface area contributed by atoms with Crippen molar-refractivity contribution in [3.8, 4) is 23.1 Å². The molecule has 0 unspecified atom stereocenters. The molecule has 3 N–H and O–H groups in total. The first kappa shape index (κ1) is 9.59. The van der Waals surface area contributed by atoms with Gasteiger partial charge < -0.3 is 10.2 Å². The molecule has 0 aliphatic heterocycles. The maximum Gasteiger partial charge on any atom is 0.257 e. The van der Waals surface area contributed by atoms with Crippen LogP contribution < -0.4 is 0 Å². The van der Waals surface area contributed by atoms with Crippen molar-refractivity contribution in [2.45, 2.75) is 0 Å². The van der Waals surface area contributed by atoms with Crippen LogP contribution in [0.5, 0.6) is 11.8 Å². The van der Waals surface area contributed by atoms with Crippen molar-refractivity contribution in [1.29, 1.82) is 0 Å². The monoisotopic (exact) mass is 228 g/mol. The van der Waals surface area contributed by atoms with Gasteiger partial charge in [-0.25, -0.2) is 4.98 Å². The van der Waals surface area contributed by atoms with Gasteiger partial charge in [-0.15, -0.1) is 5.10 Å². The van der Waals surface area contributed by atoms with E-state index in [-0.39, 0.29) is 22.8 Å². The Morgan fingerprint density at radius 3 is 2.47 bits per heavy atom. The van der Waals surface area contributed by atoms with Gasteiger partial charge in [-0.1, -0.05) is 30.3 Å². The van der Waals surface area contributed by atoms with Crippen LogP contribution in [-0.4, -0.2) is 30.4 Å². The Labute approximate surface area is 95.6 Å². The third-order valence-electron chi connectivity index (χ3n) is 2.41. The molecular weight excluding hydrogens is 220 g/mol. The molecule has 0 atom stereocenters. The topological polar surface area (TPSA) is 94.9 Å². The smallest absolute Gasteiger partial charge is 0.257 e. The molecule has 0 radical (unpaired) electrons. The largest absolute Gasteiger partial charge is 0.492 e. The molecule has 0 saturated carbocycles. The highest BCUT2D eigenvalue weighted by molar-refractivity contribution is 5.84. The molecule has 0 spiro atoms. The molecule has 3 rings (SSSR count). The number of nitrogens with zero attached hydrogens (tertiary/aromatic N) is 3. The summed E-state index contributed by atoms with van der Waals surface area (Å²) in [6.45, 7) is 0.